The summed E-state index contributed by atoms with van der Waals surface area (Å²) in [5, 5.41) is 2.94. The van der Waals surface area contributed by atoms with Crippen LogP contribution >= 0.6 is 0 Å². The second-order valence-electron chi connectivity index (χ2n) is 7.24. The van der Waals surface area contributed by atoms with Gasteiger partial charge in [0.1, 0.15) is 0 Å². The average Bonchev–Trinajstić information content (AvgIpc) is 2.68. The van der Waals surface area contributed by atoms with Gasteiger partial charge >= 0.3 is 0 Å². The third kappa shape index (κ3) is 4.57. The summed E-state index contributed by atoms with van der Waals surface area (Å²) < 4.78 is 27.2. The summed E-state index contributed by atoms with van der Waals surface area (Å²) in [6, 6.07) is 15.8. The summed E-state index contributed by atoms with van der Waals surface area (Å²) in [5.74, 6) is 0.153. The summed E-state index contributed by atoms with van der Waals surface area (Å²) in [4.78, 5) is 12.7. The van der Waals surface area contributed by atoms with Crippen molar-refractivity contribution in [3.63, 3.8) is 0 Å². The van der Waals surface area contributed by atoms with Gasteiger partial charge in [-0.05, 0) is 55.5 Å². The molecule has 0 unspecified atom stereocenters. The lowest BCUT2D eigenvalue weighted by Crippen LogP contribution is -2.39. The van der Waals surface area contributed by atoms with Crippen LogP contribution in [0, 0.1) is 5.92 Å². The van der Waals surface area contributed by atoms with Crippen LogP contribution in [0.3, 0.4) is 0 Å². The highest BCUT2D eigenvalue weighted by Crippen LogP contribution is 2.23. The molecule has 0 bridgehead atoms. The van der Waals surface area contributed by atoms with Gasteiger partial charge < -0.3 is 5.32 Å². The zero-order valence-corrected chi connectivity index (χ0v) is 16.6. The number of amides is 1. The number of hydrogen-bond donors (Lipinski definition) is 1. The molecule has 3 rings (SSSR count). The van der Waals surface area contributed by atoms with E-state index in [1.165, 1.54) is 12.1 Å². The molecule has 0 spiro atoms. The maximum atomic E-state index is 12.8. The predicted molar refractivity (Wildman–Crippen MR) is 106 cm³/mol. The van der Waals surface area contributed by atoms with Crippen LogP contribution in [-0.4, -0.2) is 31.7 Å². The molecule has 2 atom stereocenters. The summed E-state index contributed by atoms with van der Waals surface area (Å²) in [6.07, 6.45) is 1.95. The van der Waals surface area contributed by atoms with Gasteiger partial charge in [-0.15, -0.1) is 0 Å². The predicted octanol–water partition coefficient (Wildman–Crippen LogP) is 3.60. The van der Waals surface area contributed by atoms with Gasteiger partial charge in [0.25, 0.3) is 5.91 Å². The highest BCUT2D eigenvalue weighted by molar-refractivity contribution is 7.89. The lowest BCUT2D eigenvalue weighted by molar-refractivity contribution is 0.0940. The number of sulfonamides is 1. The minimum Gasteiger partial charge on any atom is -0.346 e. The minimum atomic E-state index is -3.50. The van der Waals surface area contributed by atoms with Crippen LogP contribution in [0.25, 0.3) is 0 Å². The molecule has 2 aromatic carbocycles. The van der Waals surface area contributed by atoms with Gasteiger partial charge in [-0.25, -0.2) is 8.42 Å². The van der Waals surface area contributed by atoms with Crippen molar-refractivity contribution in [2.24, 2.45) is 5.92 Å². The molecule has 0 aromatic heterocycles. The summed E-state index contributed by atoms with van der Waals surface area (Å²) >= 11 is 0. The van der Waals surface area contributed by atoms with Crippen LogP contribution in [0.15, 0.2) is 59.5 Å². The maximum absolute atomic E-state index is 12.8. The Balaban J connectivity index is 1.70. The van der Waals surface area contributed by atoms with E-state index < -0.39 is 10.0 Å². The standard InChI is InChI=1S/C21H26N2O3S/c1-16-7-6-14-23(15-16)27(25,26)20-12-10-19(11-13-20)21(24)22-17(2)18-8-4-3-5-9-18/h3-5,8-13,16-17H,6-7,14-15H2,1-2H3,(H,22,24)/t16-,17-/m0/s1. The number of nitrogens with one attached hydrogen (secondary N) is 1. The number of benzene rings is 2. The van der Waals surface area contributed by atoms with E-state index in [4.69, 9.17) is 0 Å². The highest BCUT2D eigenvalue weighted by atomic mass is 32.2. The second kappa shape index (κ2) is 8.23. The van der Waals surface area contributed by atoms with Crippen molar-refractivity contribution in [1.82, 2.24) is 9.62 Å². The Morgan fingerprint density at radius 2 is 1.78 bits per heavy atom. The Bertz CT molecular complexity index is 879. The fraction of sp³-hybridized carbons (Fsp3) is 0.381. The fourth-order valence-electron chi connectivity index (χ4n) is 3.40. The molecule has 1 saturated heterocycles. The Morgan fingerprint density at radius 1 is 1.11 bits per heavy atom. The average molecular weight is 387 g/mol. The van der Waals surface area contributed by atoms with E-state index in [-0.39, 0.29) is 16.8 Å². The van der Waals surface area contributed by atoms with Crippen LogP contribution in [0.4, 0.5) is 0 Å². The van der Waals surface area contributed by atoms with Crippen molar-refractivity contribution in [2.45, 2.75) is 37.6 Å². The zero-order chi connectivity index (χ0) is 19.4. The Hall–Kier alpha value is -2.18. The molecule has 0 radical (unpaired) electrons. The van der Waals surface area contributed by atoms with Crippen molar-refractivity contribution in [3.05, 3.63) is 65.7 Å². The van der Waals surface area contributed by atoms with Gasteiger partial charge in [0.05, 0.1) is 10.9 Å². The first-order chi connectivity index (χ1) is 12.9. The molecule has 2 aromatic rings. The minimum absolute atomic E-state index is 0.128. The quantitative estimate of drug-likeness (QED) is 0.854. The molecule has 5 nitrogen and oxygen atoms in total. The summed E-state index contributed by atoms with van der Waals surface area (Å²) in [7, 11) is -3.50. The van der Waals surface area contributed by atoms with Crippen LogP contribution in [-0.2, 0) is 10.0 Å². The number of hydrogen-bond acceptors (Lipinski definition) is 3. The zero-order valence-electron chi connectivity index (χ0n) is 15.8. The van der Waals surface area contributed by atoms with E-state index in [9.17, 15) is 13.2 Å². The number of carbonyl (C=O) groups excluding carboxylic acids is 1. The van der Waals surface area contributed by atoms with Crippen LogP contribution in [0.5, 0.6) is 0 Å². The van der Waals surface area contributed by atoms with Gasteiger partial charge in [0.2, 0.25) is 10.0 Å². The van der Waals surface area contributed by atoms with E-state index in [0.717, 1.165) is 18.4 Å². The molecule has 27 heavy (non-hydrogen) atoms. The van der Waals surface area contributed by atoms with Gasteiger partial charge in [-0.1, -0.05) is 37.3 Å². The number of carbonyl (C=O) groups is 1. The first kappa shape index (κ1) is 19.6. The van der Waals surface area contributed by atoms with Crippen molar-refractivity contribution < 1.29 is 13.2 Å². The molecule has 6 heteroatoms. The SMILES string of the molecule is C[C@H]1CCCN(S(=O)(=O)c2ccc(C(=O)N[C@@H](C)c3ccccc3)cc2)C1. The number of piperidine rings is 1. The molecular formula is C21H26N2O3S. The smallest absolute Gasteiger partial charge is 0.251 e. The molecule has 144 valence electrons. The maximum Gasteiger partial charge on any atom is 0.251 e. The molecule has 1 heterocycles. The Labute approximate surface area is 161 Å². The van der Waals surface area contributed by atoms with E-state index in [0.29, 0.717) is 24.6 Å². The lowest BCUT2D eigenvalue weighted by atomic mass is 10.0. The normalized spacial score (nSPS) is 19.4. The van der Waals surface area contributed by atoms with Crippen LogP contribution in [0.2, 0.25) is 0 Å². The van der Waals surface area contributed by atoms with Crippen LogP contribution < -0.4 is 5.32 Å². The third-order valence-electron chi connectivity index (χ3n) is 5.02. The van der Waals surface area contributed by atoms with Crippen molar-refractivity contribution in [1.29, 1.82) is 0 Å². The summed E-state index contributed by atoms with van der Waals surface area (Å²) in [5.41, 5.74) is 1.47. The Morgan fingerprint density at radius 3 is 2.41 bits per heavy atom. The highest BCUT2D eigenvalue weighted by Gasteiger charge is 2.28. The van der Waals surface area contributed by atoms with Gasteiger partial charge in [0.15, 0.2) is 0 Å². The van der Waals surface area contributed by atoms with Crippen molar-refractivity contribution >= 4 is 15.9 Å². The van der Waals surface area contributed by atoms with Crippen molar-refractivity contribution in [3.8, 4) is 0 Å². The molecule has 1 aliphatic rings. The molecule has 1 aliphatic heterocycles. The van der Waals surface area contributed by atoms with E-state index in [1.54, 1.807) is 16.4 Å². The number of rotatable bonds is 5. The molecule has 0 saturated carbocycles. The molecule has 1 amide bonds. The lowest BCUT2D eigenvalue weighted by Gasteiger charge is -2.30. The molecule has 1 fully saturated rings. The van der Waals surface area contributed by atoms with E-state index in [2.05, 4.69) is 12.2 Å². The number of nitrogens with zero attached hydrogens (tertiary/aromatic N) is 1. The molecule has 0 aliphatic carbocycles. The fourth-order valence-corrected chi connectivity index (χ4v) is 5.00. The molecular weight excluding hydrogens is 360 g/mol. The van der Waals surface area contributed by atoms with E-state index in [1.807, 2.05) is 37.3 Å². The first-order valence-corrected chi connectivity index (χ1v) is 10.8. The van der Waals surface area contributed by atoms with Gasteiger partial charge in [0, 0.05) is 18.7 Å². The van der Waals surface area contributed by atoms with Crippen LogP contribution in [0.1, 0.15) is 48.7 Å². The van der Waals surface area contributed by atoms with Gasteiger partial charge in [-0.3, -0.25) is 4.79 Å². The Kier molecular flexibility index (Phi) is 5.97. The van der Waals surface area contributed by atoms with Gasteiger partial charge in [-0.2, -0.15) is 4.31 Å². The third-order valence-corrected chi connectivity index (χ3v) is 6.90. The largest absolute Gasteiger partial charge is 0.346 e. The monoisotopic (exact) mass is 386 g/mol. The second-order valence-corrected chi connectivity index (χ2v) is 9.18. The summed E-state index contributed by atoms with van der Waals surface area (Å²) in [6.45, 7) is 5.11. The first-order valence-electron chi connectivity index (χ1n) is 9.34. The topological polar surface area (TPSA) is 66.5 Å². The van der Waals surface area contributed by atoms with E-state index >= 15 is 0 Å². The van der Waals surface area contributed by atoms with Crippen molar-refractivity contribution in [2.75, 3.05) is 13.1 Å². The molecule has 1 N–H and O–H groups in total.